The lowest BCUT2D eigenvalue weighted by atomic mass is 10.0. The largest absolute Gasteiger partial charge is 0.354 e. The molecule has 1 aliphatic rings. The molecule has 0 bridgehead atoms. The highest BCUT2D eigenvalue weighted by molar-refractivity contribution is 5.77. The van der Waals surface area contributed by atoms with Gasteiger partial charge in [-0.1, -0.05) is 0 Å². The van der Waals surface area contributed by atoms with E-state index in [1.54, 1.807) is 0 Å². The highest BCUT2D eigenvalue weighted by Crippen LogP contribution is 2.23. The van der Waals surface area contributed by atoms with Gasteiger partial charge >= 0.3 is 0 Å². The van der Waals surface area contributed by atoms with E-state index in [4.69, 9.17) is 0 Å². The van der Waals surface area contributed by atoms with Gasteiger partial charge in [0.15, 0.2) is 0 Å². The van der Waals surface area contributed by atoms with Gasteiger partial charge in [-0.3, -0.25) is 4.79 Å². The summed E-state index contributed by atoms with van der Waals surface area (Å²) in [5, 5.41) is 5.60. The van der Waals surface area contributed by atoms with Crippen LogP contribution in [0.25, 0.3) is 0 Å². The first-order chi connectivity index (χ1) is 6.02. The van der Waals surface area contributed by atoms with Crippen LogP contribution in [0.5, 0.6) is 0 Å². The van der Waals surface area contributed by atoms with Crippen molar-refractivity contribution < 1.29 is 9.18 Å². The molecule has 0 aromatic carbocycles. The molecule has 4 heteroatoms. The predicted octanol–water partition coefficient (Wildman–Crippen LogP) is 0.603. The van der Waals surface area contributed by atoms with E-state index in [0.717, 1.165) is 0 Å². The van der Waals surface area contributed by atoms with Gasteiger partial charge < -0.3 is 10.6 Å². The second-order valence-electron chi connectivity index (χ2n) is 3.98. The molecule has 2 N–H and O–H groups in total. The Bertz CT molecular complexity index is 188. The number of carbonyl (C=O) groups is 1. The van der Waals surface area contributed by atoms with Crippen LogP contribution in [0, 0.1) is 0 Å². The second kappa shape index (κ2) is 4.05. The molecule has 13 heavy (non-hydrogen) atoms. The Morgan fingerprint density at radius 3 is 2.85 bits per heavy atom. The molecule has 1 fully saturated rings. The summed E-state index contributed by atoms with van der Waals surface area (Å²) in [5.41, 5.74) is -1.32. The first-order valence-corrected chi connectivity index (χ1v) is 4.71. The predicted molar refractivity (Wildman–Crippen MR) is 49.2 cm³/mol. The molecule has 1 heterocycles. The fourth-order valence-corrected chi connectivity index (χ4v) is 1.52. The van der Waals surface area contributed by atoms with Crippen LogP contribution in [0.3, 0.4) is 0 Å². The molecule has 1 amide bonds. The quantitative estimate of drug-likeness (QED) is 0.681. The van der Waals surface area contributed by atoms with E-state index in [9.17, 15) is 9.18 Å². The molecule has 76 valence electrons. The van der Waals surface area contributed by atoms with Crippen LogP contribution in [-0.2, 0) is 4.79 Å². The number of hydrogen-bond acceptors (Lipinski definition) is 2. The van der Waals surface area contributed by atoms with Gasteiger partial charge in [0, 0.05) is 12.6 Å². The lowest BCUT2D eigenvalue weighted by molar-refractivity contribution is -0.124. The third kappa shape index (κ3) is 3.30. The van der Waals surface area contributed by atoms with Crippen molar-refractivity contribution in [2.24, 2.45) is 0 Å². The molecule has 0 spiro atoms. The molecule has 1 rings (SSSR count). The van der Waals surface area contributed by atoms with Crippen LogP contribution in [0.1, 0.15) is 26.7 Å². The van der Waals surface area contributed by atoms with Crippen molar-refractivity contribution >= 4 is 5.91 Å². The molecular weight excluding hydrogens is 171 g/mol. The maximum Gasteiger partial charge on any atom is 0.223 e. The van der Waals surface area contributed by atoms with Crippen molar-refractivity contribution in [1.29, 1.82) is 0 Å². The summed E-state index contributed by atoms with van der Waals surface area (Å²) in [4.78, 5) is 11.2. The summed E-state index contributed by atoms with van der Waals surface area (Å²) in [6.45, 7) is 4.72. The van der Waals surface area contributed by atoms with E-state index in [2.05, 4.69) is 10.6 Å². The summed E-state index contributed by atoms with van der Waals surface area (Å²) in [6.07, 6.45) is 0.427. The van der Waals surface area contributed by atoms with Gasteiger partial charge in [-0.15, -0.1) is 0 Å². The Morgan fingerprint density at radius 2 is 2.38 bits per heavy atom. The van der Waals surface area contributed by atoms with Gasteiger partial charge in [0.25, 0.3) is 0 Å². The second-order valence-corrected chi connectivity index (χ2v) is 3.98. The van der Waals surface area contributed by atoms with Crippen molar-refractivity contribution in [3.63, 3.8) is 0 Å². The topological polar surface area (TPSA) is 41.1 Å². The van der Waals surface area contributed by atoms with Crippen molar-refractivity contribution in [3.05, 3.63) is 0 Å². The lowest BCUT2D eigenvalue weighted by Crippen LogP contribution is -2.37. The normalized spacial score (nSPS) is 28.0. The van der Waals surface area contributed by atoms with Crippen LogP contribution in [-0.4, -0.2) is 30.7 Å². The van der Waals surface area contributed by atoms with Crippen LogP contribution < -0.4 is 10.6 Å². The molecule has 0 radical (unpaired) electrons. The first kappa shape index (κ1) is 10.4. The highest BCUT2D eigenvalue weighted by Gasteiger charge is 2.35. The zero-order valence-electron chi connectivity index (χ0n) is 8.19. The summed E-state index contributed by atoms with van der Waals surface area (Å²) in [5.74, 6) is -0.193. The van der Waals surface area contributed by atoms with Gasteiger partial charge in [-0.05, 0) is 26.8 Å². The van der Waals surface area contributed by atoms with Crippen LogP contribution in [0.2, 0.25) is 0 Å². The lowest BCUT2D eigenvalue weighted by Gasteiger charge is -2.18. The number of rotatable bonds is 3. The van der Waals surface area contributed by atoms with Gasteiger partial charge in [0.1, 0.15) is 5.67 Å². The maximum atomic E-state index is 13.7. The number of nitrogens with one attached hydrogen (secondary N) is 2. The van der Waals surface area contributed by atoms with Crippen molar-refractivity contribution in [1.82, 2.24) is 10.6 Å². The summed E-state index contributed by atoms with van der Waals surface area (Å²) in [7, 11) is 0. The minimum Gasteiger partial charge on any atom is -0.354 e. The zero-order chi connectivity index (χ0) is 9.90. The molecule has 0 aromatic heterocycles. The monoisotopic (exact) mass is 188 g/mol. The highest BCUT2D eigenvalue weighted by atomic mass is 19.1. The van der Waals surface area contributed by atoms with E-state index in [1.807, 2.05) is 13.8 Å². The smallest absolute Gasteiger partial charge is 0.223 e. The average Bonchev–Trinajstić information content (AvgIpc) is 2.33. The molecular formula is C9H17FN2O. The Labute approximate surface area is 78.1 Å². The van der Waals surface area contributed by atoms with Crippen LogP contribution in [0.4, 0.5) is 4.39 Å². The van der Waals surface area contributed by atoms with Gasteiger partial charge in [0.05, 0.1) is 6.42 Å². The molecule has 1 atom stereocenters. The number of amides is 1. The molecule has 0 aromatic rings. The fourth-order valence-electron chi connectivity index (χ4n) is 1.52. The molecule has 1 unspecified atom stereocenters. The molecule has 0 saturated carbocycles. The summed E-state index contributed by atoms with van der Waals surface area (Å²) in [6, 6.07) is 0.0884. The van der Waals surface area contributed by atoms with E-state index < -0.39 is 5.67 Å². The van der Waals surface area contributed by atoms with Gasteiger partial charge in [-0.2, -0.15) is 0 Å². The Morgan fingerprint density at radius 1 is 1.69 bits per heavy atom. The summed E-state index contributed by atoms with van der Waals surface area (Å²) >= 11 is 0. The molecule has 0 aliphatic carbocycles. The van der Waals surface area contributed by atoms with E-state index >= 15 is 0 Å². The minimum absolute atomic E-state index is 0.0157. The zero-order valence-corrected chi connectivity index (χ0v) is 8.19. The molecule has 3 nitrogen and oxygen atoms in total. The third-order valence-electron chi connectivity index (χ3n) is 2.12. The molecule has 1 aliphatic heterocycles. The van der Waals surface area contributed by atoms with Crippen LogP contribution >= 0.6 is 0 Å². The number of carbonyl (C=O) groups excluding carboxylic acids is 1. The molecule has 1 saturated heterocycles. The van der Waals surface area contributed by atoms with E-state index in [0.29, 0.717) is 19.5 Å². The number of alkyl halides is 1. The van der Waals surface area contributed by atoms with E-state index in [1.165, 1.54) is 0 Å². The SMILES string of the molecule is CC(C)NC(=O)CC1(F)CCNC1. The minimum atomic E-state index is -1.32. The fraction of sp³-hybridized carbons (Fsp3) is 0.889. The summed E-state index contributed by atoms with van der Waals surface area (Å²) < 4.78 is 13.7. The van der Waals surface area contributed by atoms with Crippen LogP contribution in [0.15, 0.2) is 0 Å². The standard InChI is InChI=1S/C9H17FN2O/c1-7(2)12-8(13)5-9(10)3-4-11-6-9/h7,11H,3-6H2,1-2H3,(H,12,13). The maximum absolute atomic E-state index is 13.7. The van der Waals surface area contributed by atoms with Crippen molar-refractivity contribution in [3.8, 4) is 0 Å². The Hall–Kier alpha value is -0.640. The Balaban J connectivity index is 2.34. The number of hydrogen-bond donors (Lipinski definition) is 2. The van der Waals surface area contributed by atoms with Gasteiger partial charge in [-0.25, -0.2) is 4.39 Å². The number of halogens is 1. The van der Waals surface area contributed by atoms with Gasteiger partial charge in [0.2, 0.25) is 5.91 Å². The van der Waals surface area contributed by atoms with Crippen molar-refractivity contribution in [2.45, 2.75) is 38.4 Å². The third-order valence-corrected chi connectivity index (χ3v) is 2.12. The van der Waals surface area contributed by atoms with Crippen molar-refractivity contribution in [2.75, 3.05) is 13.1 Å². The Kier molecular flexibility index (Phi) is 3.25. The first-order valence-electron chi connectivity index (χ1n) is 4.71. The van der Waals surface area contributed by atoms with E-state index in [-0.39, 0.29) is 18.4 Å². The average molecular weight is 188 g/mol.